The SMILES string of the molecule is COC(=O)CC(C)Sc1ccc(S(=O)(=O)NC2CC2)cc1. The first-order valence-corrected chi connectivity index (χ1v) is 9.13. The minimum Gasteiger partial charge on any atom is -0.469 e. The van der Waals surface area contributed by atoms with Gasteiger partial charge in [-0.05, 0) is 37.1 Å². The highest BCUT2D eigenvalue weighted by Crippen LogP contribution is 2.27. The second-order valence-corrected chi connectivity index (χ2v) is 8.30. The summed E-state index contributed by atoms with van der Waals surface area (Å²) in [6, 6.07) is 6.82. The molecule has 0 saturated heterocycles. The van der Waals surface area contributed by atoms with Gasteiger partial charge >= 0.3 is 5.97 Å². The molecule has 0 aromatic heterocycles. The van der Waals surface area contributed by atoms with E-state index in [9.17, 15) is 13.2 Å². The summed E-state index contributed by atoms with van der Waals surface area (Å²) >= 11 is 1.52. The number of benzene rings is 1. The molecule has 7 heteroatoms. The summed E-state index contributed by atoms with van der Waals surface area (Å²) in [6.45, 7) is 1.93. The number of hydrogen-bond acceptors (Lipinski definition) is 5. The quantitative estimate of drug-likeness (QED) is 0.613. The lowest BCUT2D eigenvalue weighted by molar-refractivity contribution is -0.140. The molecular weight excluding hydrogens is 310 g/mol. The fourth-order valence-electron chi connectivity index (χ4n) is 1.78. The lowest BCUT2D eigenvalue weighted by Crippen LogP contribution is -2.25. The third-order valence-corrected chi connectivity index (χ3v) is 5.70. The standard InChI is InChI=1S/C14H19NO4S2/c1-10(9-14(16)19-2)20-12-5-7-13(8-6-12)21(17,18)15-11-3-4-11/h5-8,10-11,15H,3-4,9H2,1-2H3. The average molecular weight is 329 g/mol. The van der Waals surface area contributed by atoms with Crippen LogP contribution in [0.2, 0.25) is 0 Å². The number of rotatable bonds is 7. The molecule has 1 aliphatic carbocycles. The molecular formula is C14H19NO4S2. The van der Waals surface area contributed by atoms with Crippen LogP contribution in [0.25, 0.3) is 0 Å². The molecule has 1 N–H and O–H groups in total. The van der Waals surface area contributed by atoms with E-state index in [1.165, 1.54) is 18.9 Å². The van der Waals surface area contributed by atoms with Crippen LogP contribution in [0.3, 0.4) is 0 Å². The van der Waals surface area contributed by atoms with Crippen LogP contribution in [0, 0.1) is 0 Å². The van der Waals surface area contributed by atoms with Gasteiger partial charge in [0, 0.05) is 16.2 Å². The predicted molar refractivity (Wildman–Crippen MR) is 81.7 cm³/mol. The Bertz CT molecular complexity index is 594. The smallest absolute Gasteiger partial charge is 0.306 e. The Balaban J connectivity index is 1.96. The molecule has 0 bridgehead atoms. The minimum atomic E-state index is -3.40. The Hall–Kier alpha value is -1.05. The topological polar surface area (TPSA) is 72.5 Å². The van der Waals surface area contributed by atoms with E-state index >= 15 is 0 Å². The fourth-order valence-corrected chi connectivity index (χ4v) is 4.06. The number of esters is 1. The summed E-state index contributed by atoms with van der Waals surface area (Å²) in [5, 5.41) is 0.0736. The van der Waals surface area contributed by atoms with Crippen LogP contribution in [0.5, 0.6) is 0 Å². The van der Waals surface area contributed by atoms with E-state index in [1.807, 2.05) is 6.92 Å². The zero-order valence-corrected chi connectivity index (χ0v) is 13.7. The monoisotopic (exact) mass is 329 g/mol. The zero-order chi connectivity index (χ0) is 15.5. The number of nitrogens with one attached hydrogen (secondary N) is 1. The van der Waals surface area contributed by atoms with Crippen LogP contribution in [-0.2, 0) is 19.6 Å². The van der Waals surface area contributed by atoms with Crippen LogP contribution in [0.4, 0.5) is 0 Å². The van der Waals surface area contributed by atoms with Gasteiger partial charge in [0.1, 0.15) is 0 Å². The van der Waals surface area contributed by atoms with Crippen molar-refractivity contribution in [2.45, 2.75) is 47.3 Å². The number of ether oxygens (including phenoxy) is 1. The van der Waals surface area contributed by atoms with Crippen molar-refractivity contribution in [2.75, 3.05) is 7.11 Å². The van der Waals surface area contributed by atoms with Gasteiger partial charge in [-0.1, -0.05) is 6.92 Å². The summed E-state index contributed by atoms with van der Waals surface area (Å²) in [6.07, 6.45) is 2.15. The number of hydrogen-bond donors (Lipinski definition) is 1. The average Bonchev–Trinajstić information content (AvgIpc) is 3.22. The van der Waals surface area contributed by atoms with Gasteiger partial charge in [-0.3, -0.25) is 4.79 Å². The normalized spacial score (nSPS) is 16.5. The van der Waals surface area contributed by atoms with Crippen molar-refractivity contribution in [1.82, 2.24) is 4.72 Å². The molecule has 1 unspecified atom stereocenters. The first-order chi connectivity index (χ1) is 9.90. The molecule has 1 aliphatic rings. The molecule has 5 nitrogen and oxygen atoms in total. The van der Waals surface area contributed by atoms with Crippen molar-refractivity contribution in [3.8, 4) is 0 Å². The second kappa shape index (κ2) is 6.81. The van der Waals surface area contributed by atoms with Crippen LogP contribution in [0.15, 0.2) is 34.1 Å². The van der Waals surface area contributed by atoms with Crippen LogP contribution in [0.1, 0.15) is 26.2 Å². The van der Waals surface area contributed by atoms with E-state index < -0.39 is 10.0 Å². The molecule has 0 radical (unpaired) electrons. The van der Waals surface area contributed by atoms with Gasteiger partial charge in [0.25, 0.3) is 0 Å². The number of methoxy groups -OCH3 is 1. The molecule has 1 atom stereocenters. The molecule has 1 aromatic rings. The highest BCUT2D eigenvalue weighted by molar-refractivity contribution is 8.00. The summed E-state index contributed by atoms with van der Waals surface area (Å²) in [5.41, 5.74) is 0. The second-order valence-electron chi connectivity index (χ2n) is 5.08. The zero-order valence-electron chi connectivity index (χ0n) is 12.0. The fraction of sp³-hybridized carbons (Fsp3) is 0.500. The minimum absolute atomic E-state index is 0.0736. The van der Waals surface area contributed by atoms with E-state index in [1.54, 1.807) is 24.3 Å². The van der Waals surface area contributed by atoms with Crippen LogP contribution >= 0.6 is 11.8 Å². The lowest BCUT2D eigenvalue weighted by Gasteiger charge is -2.10. The number of carbonyl (C=O) groups is 1. The molecule has 0 heterocycles. The first-order valence-electron chi connectivity index (χ1n) is 6.76. The Morgan fingerprint density at radius 2 is 2.00 bits per heavy atom. The van der Waals surface area contributed by atoms with Crippen molar-refractivity contribution >= 4 is 27.8 Å². The van der Waals surface area contributed by atoms with E-state index in [2.05, 4.69) is 9.46 Å². The predicted octanol–water partition coefficient (Wildman–Crippen LogP) is 2.17. The van der Waals surface area contributed by atoms with Gasteiger partial charge in [0.05, 0.1) is 18.4 Å². The summed E-state index contributed by atoms with van der Waals surface area (Å²) in [5.74, 6) is -0.247. The maximum absolute atomic E-state index is 12.0. The molecule has 21 heavy (non-hydrogen) atoms. The van der Waals surface area contributed by atoms with Crippen molar-refractivity contribution in [3.63, 3.8) is 0 Å². The molecule has 1 aromatic carbocycles. The molecule has 0 amide bonds. The van der Waals surface area contributed by atoms with Crippen molar-refractivity contribution < 1.29 is 17.9 Å². The lowest BCUT2D eigenvalue weighted by atomic mass is 10.3. The molecule has 1 saturated carbocycles. The third kappa shape index (κ3) is 5.01. The van der Waals surface area contributed by atoms with Gasteiger partial charge in [0.2, 0.25) is 10.0 Å². The highest BCUT2D eigenvalue weighted by Gasteiger charge is 2.27. The number of sulfonamides is 1. The molecule has 0 aliphatic heterocycles. The van der Waals surface area contributed by atoms with Gasteiger partial charge < -0.3 is 4.74 Å². The number of thioether (sulfide) groups is 1. The summed E-state index contributed by atoms with van der Waals surface area (Å²) in [4.78, 5) is 12.4. The largest absolute Gasteiger partial charge is 0.469 e. The van der Waals surface area contributed by atoms with Crippen molar-refractivity contribution in [1.29, 1.82) is 0 Å². The maximum Gasteiger partial charge on any atom is 0.306 e. The van der Waals surface area contributed by atoms with E-state index in [0.717, 1.165) is 17.7 Å². The third-order valence-electron chi connectivity index (χ3n) is 3.05. The number of carbonyl (C=O) groups excluding carboxylic acids is 1. The molecule has 0 spiro atoms. The van der Waals surface area contributed by atoms with Gasteiger partial charge in [0.15, 0.2) is 0 Å². The Morgan fingerprint density at radius 1 is 1.38 bits per heavy atom. The van der Waals surface area contributed by atoms with Crippen molar-refractivity contribution in [2.24, 2.45) is 0 Å². The van der Waals surface area contributed by atoms with E-state index in [-0.39, 0.29) is 22.2 Å². The maximum atomic E-state index is 12.0. The Morgan fingerprint density at radius 3 is 2.52 bits per heavy atom. The summed E-state index contributed by atoms with van der Waals surface area (Å²) in [7, 11) is -2.03. The Labute approximate surface area is 129 Å². The van der Waals surface area contributed by atoms with Crippen LogP contribution in [-0.4, -0.2) is 32.8 Å². The van der Waals surface area contributed by atoms with E-state index in [0.29, 0.717) is 6.42 Å². The highest BCUT2D eigenvalue weighted by atomic mass is 32.2. The molecule has 2 rings (SSSR count). The van der Waals surface area contributed by atoms with Gasteiger partial charge in [-0.2, -0.15) is 0 Å². The van der Waals surface area contributed by atoms with Crippen molar-refractivity contribution in [3.05, 3.63) is 24.3 Å². The first kappa shape index (κ1) is 16.3. The van der Waals surface area contributed by atoms with Gasteiger partial charge in [-0.15, -0.1) is 11.8 Å². The van der Waals surface area contributed by atoms with Crippen LogP contribution < -0.4 is 4.72 Å². The van der Waals surface area contributed by atoms with Gasteiger partial charge in [-0.25, -0.2) is 13.1 Å². The summed E-state index contributed by atoms with van der Waals surface area (Å²) < 4.78 is 31.3. The Kier molecular flexibility index (Phi) is 5.29. The molecule has 1 fully saturated rings. The molecule has 116 valence electrons. The van der Waals surface area contributed by atoms with E-state index in [4.69, 9.17) is 0 Å².